The number of hydrogen-bond donors (Lipinski definition) is 3. The first-order valence-electron chi connectivity index (χ1n) is 12.5. The molecule has 11 heteroatoms. The number of aromatic hydroxyl groups is 2. The van der Waals surface area contributed by atoms with Gasteiger partial charge in [0.15, 0.2) is 0 Å². The van der Waals surface area contributed by atoms with Crippen molar-refractivity contribution in [3.05, 3.63) is 95.9 Å². The third kappa shape index (κ3) is 6.81. The number of sulfonamides is 1. The molecule has 4 aromatic rings. The Kier molecular flexibility index (Phi) is 8.78. The average Bonchev–Trinajstić information content (AvgIpc) is 2.92. The SMILES string of the molecule is Cc1cc(S(=O)(=O)NCCN(C)C)cnc1-c1ccc(N(Cc2cccnc2)C(=O)c2ccc(O)cc2O)cc1. The second-order valence-electron chi connectivity index (χ2n) is 9.54. The summed E-state index contributed by atoms with van der Waals surface area (Å²) in [6.07, 6.45) is 4.63. The lowest BCUT2D eigenvalue weighted by atomic mass is 10.1. The van der Waals surface area contributed by atoms with Gasteiger partial charge in [-0.2, -0.15) is 0 Å². The van der Waals surface area contributed by atoms with E-state index in [1.165, 1.54) is 23.2 Å². The summed E-state index contributed by atoms with van der Waals surface area (Å²) in [5.74, 6) is -0.938. The van der Waals surface area contributed by atoms with Crippen LogP contribution >= 0.6 is 0 Å². The van der Waals surface area contributed by atoms with Gasteiger partial charge in [0.25, 0.3) is 5.91 Å². The number of benzene rings is 2. The molecular weight excluding hydrogens is 530 g/mol. The van der Waals surface area contributed by atoms with E-state index in [-0.39, 0.29) is 35.0 Å². The summed E-state index contributed by atoms with van der Waals surface area (Å²) < 4.78 is 27.9. The highest BCUT2D eigenvalue weighted by Crippen LogP contribution is 2.30. The molecule has 2 aromatic heterocycles. The zero-order valence-corrected chi connectivity index (χ0v) is 23.3. The van der Waals surface area contributed by atoms with Crippen molar-refractivity contribution >= 4 is 21.6 Å². The zero-order chi connectivity index (χ0) is 28.9. The molecule has 0 unspecified atom stereocenters. The molecule has 2 aromatic carbocycles. The predicted octanol–water partition coefficient (Wildman–Crippen LogP) is 3.55. The molecule has 0 aliphatic rings. The number of pyridine rings is 2. The molecule has 0 bridgehead atoms. The van der Waals surface area contributed by atoms with Gasteiger partial charge in [0, 0.05) is 49.0 Å². The van der Waals surface area contributed by atoms with Gasteiger partial charge in [0.1, 0.15) is 16.4 Å². The first-order chi connectivity index (χ1) is 19.0. The van der Waals surface area contributed by atoms with Crippen LogP contribution in [0.2, 0.25) is 0 Å². The second kappa shape index (κ2) is 12.2. The lowest BCUT2D eigenvalue weighted by Gasteiger charge is -2.24. The molecule has 208 valence electrons. The summed E-state index contributed by atoms with van der Waals surface area (Å²) in [6.45, 7) is 2.84. The van der Waals surface area contributed by atoms with Crippen molar-refractivity contribution in [1.82, 2.24) is 19.6 Å². The number of carbonyl (C=O) groups is 1. The van der Waals surface area contributed by atoms with Crippen LogP contribution in [0.15, 0.2) is 84.1 Å². The number of likely N-dealkylation sites (N-methyl/N-ethyl adjacent to an activating group) is 1. The van der Waals surface area contributed by atoms with E-state index in [2.05, 4.69) is 14.7 Å². The normalized spacial score (nSPS) is 11.5. The van der Waals surface area contributed by atoms with E-state index >= 15 is 0 Å². The fraction of sp³-hybridized carbons (Fsp3) is 0.207. The van der Waals surface area contributed by atoms with Crippen molar-refractivity contribution in [1.29, 1.82) is 0 Å². The maximum Gasteiger partial charge on any atom is 0.262 e. The number of nitrogens with one attached hydrogen (secondary N) is 1. The highest BCUT2D eigenvalue weighted by atomic mass is 32.2. The van der Waals surface area contributed by atoms with E-state index in [1.54, 1.807) is 55.7 Å². The van der Waals surface area contributed by atoms with Gasteiger partial charge in [-0.3, -0.25) is 14.8 Å². The monoisotopic (exact) mass is 561 g/mol. The van der Waals surface area contributed by atoms with Gasteiger partial charge in [-0.15, -0.1) is 0 Å². The smallest absolute Gasteiger partial charge is 0.262 e. The standard InChI is InChI=1S/C29H31N5O5S/c1-20-15-25(40(38,39)32-13-14-33(2)3)18-31-28(20)22-6-8-23(9-7-22)34(19-21-5-4-12-30-17-21)29(37)26-11-10-24(35)16-27(26)36/h4-12,15-18,32,35-36H,13-14,19H2,1-3H3. The molecule has 10 nitrogen and oxygen atoms in total. The molecular formula is C29H31N5O5S. The van der Waals surface area contributed by atoms with Gasteiger partial charge in [0.2, 0.25) is 10.0 Å². The summed E-state index contributed by atoms with van der Waals surface area (Å²) in [5.41, 5.74) is 3.42. The van der Waals surface area contributed by atoms with E-state index in [0.717, 1.165) is 17.2 Å². The minimum absolute atomic E-state index is 0.0410. The van der Waals surface area contributed by atoms with E-state index in [1.807, 2.05) is 25.1 Å². The molecule has 1 amide bonds. The Balaban J connectivity index is 1.62. The van der Waals surface area contributed by atoms with Gasteiger partial charge < -0.3 is 20.0 Å². The fourth-order valence-corrected chi connectivity index (χ4v) is 5.14. The van der Waals surface area contributed by atoms with Crippen molar-refractivity contribution in [2.24, 2.45) is 0 Å². The van der Waals surface area contributed by atoms with Crippen LogP contribution in [0.25, 0.3) is 11.3 Å². The van der Waals surface area contributed by atoms with Crippen molar-refractivity contribution in [2.45, 2.75) is 18.4 Å². The molecule has 0 aliphatic carbocycles. The van der Waals surface area contributed by atoms with Crippen molar-refractivity contribution in [2.75, 3.05) is 32.1 Å². The molecule has 2 heterocycles. The number of nitrogens with zero attached hydrogens (tertiary/aromatic N) is 4. The van der Waals surface area contributed by atoms with E-state index in [9.17, 15) is 23.4 Å². The number of hydrogen-bond acceptors (Lipinski definition) is 8. The number of aromatic nitrogens is 2. The zero-order valence-electron chi connectivity index (χ0n) is 22.4. The highest BCUT2D eigenvalue weighted by Gasteiger charge is 2.22. The molecule has 0 atom stereocenters. The summed E-state index contributed by atoms with van der Waals surface area (Å²) in [4.78, 5) is 25.6. The first-order valence-corrected chi connectivity index (χ1v) is 14.0. The highest BCUT2D eigenvalue weighted by molar-refractivity contribution is 7.89. The van der Waals surface area contributed by atoms with Gasteiger partial charge in [-0.25, -0.2) is 13.1 Å². The number of amides is 1. The Bertz CT molecular complexity index is 1590. The lowest BCUT2D eigenvalue weighted by Crippen LogP contribution is -2.31. The lowest BCUT2D eigenvalue weighted by molar-refractivity contribution is 0.0982. The van der Waals surface area contributed by atoms with Crippen LogP contribution in [0, 0.1) is 6.92 Å². The van der Waals surface area contributed by atoms with Crippen LogP contribution in [0.4, 0.5) is 5.69 Å². The number of rotatable bonds is 10. The van der Waals surface area contributed by atoms with Crippen LogP contribution in [-0.4, -0.2) is 66.6 Å². The predicted molar refractivity (Wildman–Crippen MR) is 153 cm³/mol. The third-order valence-electron chi connectivity index (χ3n) is 6.19. The summed E-state index contributed by atoms with van der Waals surface area (Å²) >= 11 is 0. The molecule has 0 aliphatic heterocycles. The maximum atomic E-state index is 13.5. The van der Waals surface area contributed by atoms with Gasteiger partial charge >= 0.3 is 0 Å². The molecule has 40 heavy (non-hydrogen) atoms. The van der Waals surface area contributed by atoms with Crippen LogP contribution in [0.1, 0.15) is 21.5 Å². The molecule has 0 fully saturated rings. The van der Waals surface area contributed by atoms with Gasteiger partial charge in [-0.1, -0.05) is 18.2 Å². The molecule has 4 rings (SSSR count). The first kappa shape index (κ1) is 28.7. The quantitative estimate of drug-likeness (QED) is 0.268. The van der Waals surface area contributed by atoms with Crippen LogP contribution in [0.3, 0.4) is 0 Å². The van der Waals surface area contributed by atoms with Gasteiger partial charge in [-0.05, 0) is 68.5 Å². The van der Waals surface area contributed by atoms with Crippen molar-refractivity contribution in [3.63, 3.8) is 0 Å². The van der Waals surface area contributed by atoms with E-state index in [4.69, 9.17) is 0 Å². The number of anilines is 1. The minimum Gasteiger partial charge on any atom is -0.508 e. The summed E-state index contributed by atoms with van der Waals surface area (Å²) in [5, 5.41) is 20.0. The molecule has 0 radical (unpaired) electrons. The van der Waals surface area contributed by atoms with Crippen molar-refractivity contribution < 1.29 is 23.4 Å². The molecule has 0 saturated carbocycles. The third-order valence-corrected chi connectivity index (χ3v) is 7.62. The largest absolute Gasteiger partial charge is 0.508 e. The van der Waals surface area contributed by atoms with Crippen LogP contribution < -0.4 is 9.62 Å². The van der Waals surface area contributed by atoms with Gasteiger partial charge in [0.05, 0.1) is 17.8 Å². The second-order valence-corrected chi connectivity index (χ2v) is 11.3. The van der Waals surface area contributed by atoms with Crippen molar-refractivity contribution in [3.8, 4) is 22.8 Å². The number of phenolic OH excluding ortho intramolecular Hbond substituents is 2. The topological polar surface area (TPSA) is 136 Å². The molecule has 0 spiro atoms. The maximum absolute atomic E-state index is 13.5. The fourth-order valence-electron chi connectivity index (χ4n) is 4.09. The summed E-state index contributed by atoms with van der Waals surface area (Å²) in [6, 6.07) is 16.2. The minimum atomic E-state index is -3.69. The van der Waals surface area contributed by atoms with Crippen LogP contribution in [-0.2, 0) is 16.6 Å². The Hall–Kier alpha value is -4.32. The molecule has 3 N–H and O–H groups in total. The Morgan fingerprint density at radius 3 is 2.38 bits per heavy atom. The van der Waals surface area contributed by atoms with E-state index in [0.29, 0.717) is 23.5 Å². The number of aryl methyl sites for hydroxylation is 1. The molecule has 0 saturated heterocycles. The Labute approximate surface area is 233 Å². The number of phenols is 2. The average molecular weight is 562 g/mol. The van der Waals surface area contributed by atoms with Crippen LogP contribution in [0.5, 0.6) is 11.5 Å². The number of carbonyl (C=O) groups excluding carboxylic acids is 1. The summed E-state index contributed by atoms with van der Waals surface area (Å²) in [7, 11) is 0.0410. The van der Waals surface area contributed by atoms with E-state index < -0.39 is 15.9 Å². The Morgan fingerprint density at radius 2 is 1.75 bits per heavy atom. The Morgan fingerprint density at radius 1 is 1.00 bits per heavy atom.